The lowest BCUT2D eigenvalue weighted by molar-refractivity contribution is -0.129. The smallest absolute Gasteiger partial charge is 0.230 e. The van der Waals surface area contributed by atoms with Crippen molar-refractivity contribution in [2.45, 2.75) is 49.5 Å². The van der Waals surface area contributed by atoms with E-state index in [1.807, 2.05) is 6.07 Å². The number of aliphatic hydroxyl groups is 1. The molecule has 1 aromatic rings. The molecule has 23 heavy (non-hydrogen) atoms. The average Bonchev–Trinajstić information content (AvgIpc) is 3.04. The summed E-state index contributed by atoms with van der Waals surface area (Å²) in [4.78, 5) is 12.9. The van der Waals surface area contributed by atoms with Gasteiger partial charge in [-0.2, -0.15) is 0 Å². The highest BCUT2D eigenvalue weighted by Gasteiger charge is 2.43. The van der Waals surface area contributed by atoms with Crippen LogP contribution in [0, 0.1) is 5.82 Å². The number of rotatable bonds is 4. The minimum absolute atomic E-state index is 0.0967. The maximum Gasteiger partial charge on any atom is 0.230 e. The second-order valence-corrected chi connectivity index (χ2v) is 6.82. The van der Waals surface area contributed by atoms with E-state index in [1.165, 1.54) is 12.1 Å². The molecule has 0 radical (unpaired) electrons. The quantitative estimate of drug-likeness (QED) is 0.894. The molecular formula is C18H24FNO3. The lowest BCUT2D eigenvalue weighted by atomic mass is 9.77. The van der Waals surface area contributed by atoms with Crippen molar-refractivity contribution >= 4 is 5.91 Å². The third-order valence-electron chi connectivity index (χ3n) is 5.27. The first-order valence-corrected chi connectivity index (χ1v) is 8.39. The summed E-state index contributed by atoms with van der Waals surface area (Å²) in [6.07, 6.45) is 4.43. The van der Waals surface area contributed by atoms with Crippen molar-refractivity contribution in [3.63, 3.8) is 0 Å². The fraction of sp³-hybridized carbons (Fsp3) is 0.611. The van der Waals surface area contributed by atoms with E-state index in [1.54, 1.807) is 6.07 Å². The zero-order valence-electron chi connectivity index (χ0n) is 13.3. The Labute approximate surface area is 136 Å². The molecule has 1 amide bonds. The molecule has 3 rings (SSSR count). The minimum atomic E-state index is -0.893. The van der Waals surface area contributed by atoms with Gasteiger partial charge < -0.3 is 15.2 Å². The predicted molar refractivity (Wildman–Crippen MR) is 84.6 cm³/mol. The highest BCUT2D eigenvalue weighted by molar-refractivity contribution is 5.88. The van der Waals surface area contributed by atoms with E-state index in [2.05, 4.69) is 5.32 Å². The average molecular weight is 321 g/mol. The molecule has 2 N–H and O–H groups in total. The number of nitrogens with one attached hydrogen (secondary N) is 1. The molecule has 1 aliphatic carbocycles. The summed E-state index contributed by atoms with van der Waals surface area (Å²) in [7, 11) is 0. The van der Waals surface area contributed by atoms with Crippen molar-refractivity contribution in [1.82, 2.24) is 5.32 Å². The van der Waals surface area contributed by atoms with Crippen LogP contribution in [-0.4, -0.2) is 36.4 Å². The number of benzene rings is 1. The molecule has 0 aromatic heterocycles. The fourth-order valence-corrected chi connectivity index (χ4v) is 3.75. The molecule has 0 unspecified atom stereocenters. The van der Waals surface area contributed by atoms with Gasteiger partial charge in [0.2, 0.25) is 5.91 Å². The van der Waals surface area contributed by atoms with E-state index in [0.717, 1.165) is 31.2 Å². The molecule has 1 saturated heterocycles. The van der Waals surface area contributed by atoms with E-state index in [9.17, 15) is 14.3 Å². The number of amides is 1. The van der Waals surface area contributed by atoms with Crippen LogP contribution in [0.2, 0.25) is 0 Å². The van der Waals surface area contributed by atoms with Crippen molar-refractivity contribution in [2.75, 3.05) is 19.8 Å². The zero-order chi connectivity index (χ0) is 16.3. The van der Waals surface area contributed by atoms with Gasteiger partial charge in [0.05, 0.1) is 11.0 Å². The Balaban J connectivity index is 1.74. The molecule has 0 atom stereocenters. The van der Waals surface area contributed by atoms with Crippen LogP contribution in [0.25, 0.3) is 0 Å². The van der Waals surface area contributed by atoms with Crippen LogP contribution in [0.1, 0.15) is 44.1 Å². The molecule has 1 aromatic carbocycles. The summed E-state index contributed by atoms with van der Waals surface area (Å²) in [6, 6.07) is 6.35. The van der Waals surface area contributed by atoms with Gasteiger partial charge in [-0.1, -0.05) is 25.0 Å². The summed E-state index contributed by atoms with van der Waals surface area (Å²) in [5.74, 6) is -0.412. The van der Waals surface area contributed by atoms with Crippen LogP contribution in [0.5, 0.6) is 0 Å². The first-order valence-electron chi connectivity index (χ1n) is 8.39. The van der Waals surface area contributed by atoms with E-state index < -0.39 is 11.0 Å². The van der Waals surface area contributed by atoms with Crippen LogP contribution in [-0.2, 0) is 14.9 Å². The Bertz CT molecular complexity index is 563. The molecule has 2 fully saturated rings. The third-order valence-corrected chi connectivity index (χ3v) is 5.27. The molecule has 5 heteroatoms. The van der Waals surface area contributed by atoms with Gasteiger partial charge in [0, 0.05) is 32.6 Å². The third kappa shape index (κ3) is 3.40. The summed E-state index contributed by atoms with van der Waals surface area (Å²) in [5, 5.41) is 13.4. The highest BCUT2D eigenvalue weighted by atomic mass is 19.1. The maximum absolute atomic E-state index is 13.6. The van der Waals surface area contributed by atoms with Gasteiger partial charge >= 0.3 is 0 Å². The van der Waals surface area contributed by atoms with E-state index in [-0.39, 0.29) is 18.3 Å². The Morgan fingerprint density at radius 1 is 1.22 bits per heavy atom. The topological polar surface area (TPSA) is 58.6 Å². The largest absolute Gasteiger partial charge is 0.388 e. The molecule has 1 saturated carbocycles. The van der Waals surface area contributed by atoms with Crippen LogP contribution < -0.4 is 5.32 Å². The van der Waals surface area contributed by atoms with Gasteiger partial charge in [-0.15, -0.1) is 0 Å². The van der Waals surface area contributed by atoms with Crippen molar-refractivity contribution in [3.8, 4) is 0 Å². The van der Waals surface area contributed by atoms with E-state index in [4.69, 9.17) is 4.74 Å². The first kappa shape index (κ1) is 16.4. The summed E-state index contributed by atoms with van der Waals surface area (Å²) in [5.41, 5.74) is -0.814. The minimum Gasteiger partial charge on any atom is -0.388 e. The fourth-order valence-electron chi connectivity index (χ4n) is 3.75. The summed E-state index contributed by atoms with van der Waals surface area (Å²) >= 11 is 0. The van der Waals surface area contributed by atoms with Gasteiger partial charge in [0.25, 0.3) is 0 Å². The molecule has 126 valence electrons. The van der Waals surface area contributed by atoms with E-state index >= 15 is 0 Å². The molecule has 1 heterocycles. The second kappa shape index (κ2) is 6.57. The van der Waals surface area contributed by atoms with Crippen molar-refractivity contribution < 1.29 is 19.0 Å². The molecule has 0 spiro atoms. The van der Waals surface area contributed by atoms with Gasteiger partial charge in [0.1, 0.15) is 5.82 Å². The number of hydrogen-bond donors (Lipinski definition) is 2. The van der Waals surface area contributed by atoms with Crippen LogP contribution in [0.15, 0.2) is 24.3 Å². The van der Waals surface area contributed by atoms with Crippen LogP contribution in [0.4, 0.5) is 4.39 Å². The summed E-state index contributed by atoms with van der Waals surface area (Å²) < 4.78 is 18.9. The van der Waals surface area contributed by atoms with E-state index in [0.29, 0.717) is 26.1 Å². The second-order valence-electron chi connectivity index (χ2n) is 6.82. The molecular weight excluding hydrogens is 297 g/mol. The zero-order valence-corrected chi connectivity index (χ0v) is 13.3. The Morgan fingerprint density at radius 2 is 1.91 bits per heavy atom. The predicted octanol–water partition coefficient (Wildman–Crippen LogP) is 2.30. The standard InChI is InChI=1S/C18H24FNO3/c19-15-5-3-4-14(12-15)18(6-1-2-7-18)16(21)20-13-17(22)8-10-23-11-9-17/h3-5,12,22H,1-2,6-11,13H2,(H,20,21). The number of ether oxygens (including phenoxy) is 1. The van der Waals surface area contributed by atoms with Gasteiger partial charge in [-0.25, -0.2) is 4.39 Å². The molecule has 4 nitrogen and oxygen atoms in total. The normalized spacial score (nSPS) is 22.7. The molecule has 0 bridgehead atoms. The van der Waals surface area contributed by atoms with Gasteiger partial charge in [0.15, 0.2) is 0 Å². The first-order chi connectivity index (χ1) is 11.0. The van der Waals surface area contributed by atoms with Crippen LogP contribution >= 0.6 is 0 Å². The lowest BCUT2D eigenvalue weighted by Gasteiger charge is -2.34. The lowest BCUT2D eigenvalue weighted by Crippen LogP contribution is -2.51. The van der Waals surface area contributed by atoms with Crippen molar-refractivity contribution in [2.24, 2.45) is 0 Å². The molecule has 1 aliphatic heterocycles. The highest BCUT2D eigenvalue weighted by Crippen LogP contribution is 2.41. The van der Waals surface area contributed by atoms with Crippen molar-refractivity contribution in [1.29, 1.82) is 0 Å². The van der Waals surface area contributed by atoms with Crippen LogP contribution in [0.3, 0.4) is 0 Å². The number of hydrogen-bond acceptors (Lipinski definition) is 3. The SMILES string of the molecule is O=C(NCC1(O)CCOCC1)C1(c2cccc(F)c2)CCCC1. The van der Waals surface area contributed by atoms with Gasteiger partial charge in [-0.3, -0.25) is 4.79 Å². The van der Waals surface area contributed by atoms with Gasteiger partial charge in [-0.05, 0) is 30.5 Å². The number of carbonyl (C=O) groups excluding carboxylic acids is 1. The Morgan fingerprint density at radius 3 is 2.57 bits per heavy atom. The number of halogens is 1. The Kier molecular flexibility index (Phi) is 4.69. The number of carbonyl (C=O) groups is 1. The Hall–Kier alpha value is -1.46. The molecule has 2 aliphatic rings. The summed E-state index contributed by atoms with van der Waals surface area (Å²) in [6.45, 7) is 1.26. The van der Waals surface area contributed by atoms with Crippen molar-refractivity contribution in [3.05, 3.63) is 35.6 Å². The monoisotopic (exact) mass is 321 g/mol. The maximum atomic E-state index is 13.6.